The Hall–Kier alpha value is -2.04. The molecule has 0 bridgehead atoms. The molecule has 1 unspecified atom stereocenters. The minimum Gasteiger partial charge on any atom is -0.399 e. The van der Waals surface area contributed by atoms with E-state index in [1.807, 2.05) is 6.92 Å². The molecular weight excluding hydrogens is 262 g/mol. The number of fused-ring (bicyclic) bond motifs is 1. The van der Waals surface area contributed by atoms with Gasteiger partial charge in [-0.3, -0.25) is 0 Å². The van der Waals surface area contributed by atoms with Crippen molar-refractivity contribution >= 4 is 11.6 Å². The van der Waals surface area contributed by atoms with E-state index < -0.39 is 0 Å². The summed E-state index contributed by atoms with van der Waals surface area (Å²) in [5, 5.41) is 8.15. The Morgan fingerprint density at radius 2 is 2.14 bits per heavy atom. The second-order valence-corrected chi connectivity index (χ2v) is 6.21. The van der Waals surface area contributed by atoms with E-state index >= 15 is 0 Å². The molecule has 0 saturated heterocycles. The fraction of sp³-hybridized carbons (Fsp3) is 0.500. The molecule has 4 rings (SSSR count). The Kier molecular flexibility index (Phi) is 2.87. The zero-order chi connectivity index (χ0) is 14.4. The van der Waals surface area contributed by atoms with Gasteiger partial charge in [0.05, 0.1) is 6.04 Å². The first kappa shape index (κ1) is 12.7. The topological polar surface area (TPSA) is 68.8 Å². The first-order chi connectivity index (χ1) is 10.2. The molecular formula is C16H21N5. The predicted octanol–water partition coefficient (Wildman–Crippen LogP) is 2.84. The summed E-state index contributed by atoms with van der Waals surface area (Å²) in [4.78, 5) is 4.70. The standard InChI is InChI=1S/C16H21N5/c1-10-5-6-12(9-13(10)17)14-7-8-18-16-19-15(20-21(14)16)11-3-2-4-11/h5-6,9,11,14H,2-4,7-8,17H2,1H3,(H,18,19,20). The van der Waals surface area contributed by atoms with Crippen LogP contribution in [-0.4, -0.2) is 21.3 Å². The first-order valence-electron chi connectivity index (χ1n) is 7.78. The zero-order valence-electron chi connectivity index (χ0n) is 12.3. The summed E-state index contributed by atoms with van der Waals surface area (Å²) in [5.41, 5.74) is 9.28. The lowest BCUT2D eigenvalue weighted by atomic mass is 9.85. The summed E-state index contributed by atoms with van der Waals surface area (Å²) >= 11 is 0. The van der Waals surface area contributed by atoms with Crippen molar-refractivity contribution in [3.05, 3.63) is 35.2 Å². The van der Waals surface area contributed by atoms with Gasteiger partial charge in [-0.25, -0.2) is 4.68 Å². The molecule has 2 aliphatic rings. The number of hydrogen-bond acceptors (Lipinski definition) is 4. The molecule has 1 saturated carbocycles. The van der Waals surface area contributed by atoms with Gasteiger partial charge in [0.2, 0.25) is 5.95 Å². The van der Waals surface area contributed by atoms with E-state index in [1.54, 1.807) is 0 Å². The number of anilines is 2. The molecule has 2 aromatic rings. The molecule has 1 atom stereocenters. The maximum atomic E-state index is 6.07. The van der Waals surface area contributed by atoms with Crippen LogP contribution < -0.4 is 11.1 Å². The molecule has 5 heteroatoms. The van der Waals surface area contributed by atoms with Crippen molar-refractivity contribution in [2.24, 2.45) is 0 Å². The van der Waals surface area contributed by atoms with Gasteiger partial charge < -0.3 is 11.1 Å². The van der Waals surface area contributed by atoms with Crippen LogP contribution in [0.3, 0.4) is 0 Å². The lowest BCUT2D eigenvalue weighted by Crippen LogP contribution is -2.25. The van der Waals surface area contributed by atoms with Crippen molar-refractivity contribution in [2.45, 2.75) is 44.6 Å². The molecule has 2 heterocycles. The van der Waals surface area contributed by atoms with E-state index in [0.29, 0.717) is 5.92 Å². The van der Waals surface area contributed by atoms with E-state index in [0.717, 1.165) is 36.0 Å². The highest BCUT2D eigenvalue weighted by Gasteiger charge is 2.29. The molecule has 21 heavy (non-hydrogen) atoms. The Morgan fingerprint density at radius 3 is 2.86 bits per heavy atom. The van der Waals surface area contributed by atoms with Gasteiger partial charge >= 0.3 is 0 Å². The van der Waals surface area contributed by atoms with Crippen LogP contribution in [0.15, 0.2) is 18.2 Å². The highest BCUT2D eigenvalue weighted by atomic mass is 15.4. The van der Waals surface area contributed by atoms with Crippen LogP contribution in [0, 0.1) is 6.92 Å². The van der Waals surface area contributed by atoms with Crippen LogP contribution in [0.25, 0.3) is 0 Å². The second-order valence-electron chi connectivity index (χ2n) is 6.21. The van der Waals surface area contributed by atoms with E-state index in [2.05, 4.69) is 28.2 Å². The molecule has 0 spiro atoms. The molecule has 110 valence electrons. The number of hydrogen-bond donors (Lipinski definition) is 2. The number of nitrogens with one attached hydrogen (secondary N) is 1. The lowest BCUT2D eigenvalue weighted by molar-refractivity contribution is 0.393. The minimum absolute atomic E-state index is 0.241. The average molecular weight is 283 g/mol. The monoisotopic (exact) mass is 283 g/mol. The average Bonchev–Trinajstić information content (AvgIpc) is 2.83. The van der Waals surface area contributed by atoms with Crippen molar-refractivity contribution < 1.29 is 0 Å². The third kappa shape index (κ3) is 2.07. The molecule has 5 nitrogen and oxygen atoms in total. The number of benzene rings is 1. The van der Waals surface area contributed by atoms with Gasteiger partial charge in [-0.05, 0) is 43.4 Å². The fourth-order valence-electron chi connectivity index (χ4n) is 3.13. The van der Waals surface area contributed by atoms with Gasteiger partial charge in [0.15, 0.2) is 5.82 Å². The fourth-order valence-corrected chi connectivity index (χ4v) is 3.13. The van der Waals surface area contributed by atoms with Gasteiger partial charge in [0.25, 0.3) is 0 Å². The number of rotatable bonds is 2. The summed E-state index contributed by atoms with van der Waals surface area (Å²) < 4.78 is 2.06. The van der Waals surface area contributed by atoms with E-state index in [-0.39, 0.29) is 6.04 Å². The van der Waals surface area contributed by atoms with Crippen molar-refractivity contribution in [1.82, 2.24) is 14.8 Å². The van der Waals surface area contributed by atoms with E-state index in [9.17, 15) is 0 Å². The van der Waals surface area contributed by atoms with E-state index in [1.165, 1.54) is 24.8 Å². The van der Waals surface area contributed by atoms with Crippen LogP contribution in [0.5, 0.6) is 0 Å². The number of nitrogens with two attached hydrogens (primary N) is 1. The quantitative estimate of drug-likeness (QED) is 0.832. The third-order valence-electron chi connectivity index (χ3n) is 4.80. The maximum absolute atomic E-state index is 6.07. The van der Waals surface area contributed by atoms with Gasteiger partial charge in [0.1, 0.15) is 0 Å². The highest BCUT2D eigenvalue weighted by Crippen LogP contribution is 2.37. The lowest BCUT2D eigenvalue weighted by Gasteiger charge is -2.25. The Labute approximate surface area is 124 Å². The summed E-state index contributed by atoms with van der Waals surface area (Å²) in [7, 11) is 0. The van der Waals surface area contributed by atoms with Crippen LogP contribution in [0.2, 0.25) is 0 Å². The van der Waals surface area contributed by atoms with Crippen LogP contribution in [-0.2, 0) is 0 Å². The Morgan fingerprint density at radius 1 is 1.29 bits per heavy atom. The molecule has 1 aromatic heterocycles. The van der Waals surface area contributed by atoms with Gasteiger partial charge in [-0.2, -0.15) is 10.1 Å². The number of aryl methyl sites for hydroxylation is 1. The predicted molar refractivity (Wildman–Crippen MR) is 83.5 cm³/mol. The molecule has 1 fully saturated rings. The van der Waals surface area contributed by atoms with Crippen molar-refractivity contribution in [3.63, 3.8) is 0 Å². The van der Waals surface area contributed by atoms with Crippen LogP contribution in [0.4, 0.5) is 11.6 Å². The van der Waals surface area contributed by atoms with Crippen LogP contribution >= 0.6 is 0 Å². The number of nitrogens with zero attached hydrogens (tertiary/aromatic N) is 3. The smallest absolute Gasteiger partial charge is 0.221 e. The van der Waals surface area contributed by atoms with Crippen molar-refractivity contribution in [3.8, 4) is 0 Å². The highest BCUT2D eigenvalue weighted by molar-refractivity contribution is 5.49. The van der Waals surface area contributed by atoms with Gasteiger partial charge in [-0.1, -0.05) is 18.6 Å². The van der Waals surface area contributed by atoms with Gasteiger partial charge in [-0.15, -0.1) is 0 Å². The molecule has 1 aliphatic heterocycles. The molecule has 3 N–H and O–H groups in total. The summed E-state index contributed by atoms with van der Waals surface area (Å²) in [6.07, 6.45) is 4.78. The maximum Gasteiger partial charge on any atom is 0.221 e. The zero-order valence-corrected chi connectivity index (χ0v) is 12.3. The summed E-state index contributed by atoms with van der Waals surface area (Å²) in [5.74, 6) is 2.48. The molecule has 1 aromatic carbocycles. The molecule has 0 amide bonds. The molecule has 0 radical (unpaired) electrons. The molecule has 1 aliphatic carbocycles. The van der Waals surface area contributed by atoms with Crippen molar-refractivity contribution in [1.29, 1.82) is 0 Å². The number of nitrogen functional groups attached to an aromatic ring is 1. The normalized spacial score (nSPS) is 21.5. The number of aromatic nitrogens is 3. The Balaban J connectivity index is 1.71. The van der Waals surface area contributed by atoms with Gasteiger partial charge in [0, 0.05) is 18.2 Å². The minimum atomic E-state index is 0.241. The third-order valence-corrected chi connectivity index (χ3v) is 4.80. The Bertz CT molecular complexity index is 671. The first-order valence-corrected chi connectivity index (χ1v) is 7.78. The van der Waals surface area contributed by atoms with Crippen LogP contribution in [0.1, 0.15) is 54.6 Å². The summed E-state index contributed by atoms with van der Waals surface area (Å²) in [6, 6.07) is 6.58. The van der Waals surface area contributed by atoms with E-state index in [4.69, 9.17) is 15.8 Å². The van der Waals surface area contributed by atoms with Crippen molar-refractivity contribution in [2.75, 3.05) is 17.6 Å². The SMILES string of the molecule is Cc1ccc(C2CCNc3nc(C4CCC4)nn32)cc1N. The summed E-state index contributed by atoms with van der Waals surface area (Å²) in [6.45, 7) is 2.97. The largest absolute Gasteiger partial charge is 0.399 e. The second kappa shape index (κ2) is 4.76.